The largest absolute Gasteiger partial charge is 0.356 e. The van der Waals surface area contributed by atoms with Gasteiger partial charge in [0.15, 0.2) is 0 Å². The Morgan fingerprint density at radius 1 is 1.15 bits per heavy atom. The molecule has 4 heteroatoms. The van der Waals surface area contributed by atoms with E-state index in [1.165, 1.54) is 32.1 Å². The summed E-state index contributed by atoms with van der Waals surface area (Å²) >= 11 is 0. The molecular weight excluding hydrogens is 250 g/mol. The molecule has 2 heterocycles. The van der Waals surface area contributed by atoms with Crippen LogP contribution in [0.3, 0.4) is 0 Å². The number of rotatable bonds is 3. The van der Waals surface area contributed by atoms with Crippen molar-refractivity contribution in [1.29, 1.82) is 0 Å². The van der Waals surface area contributed by atoms with Crippen molar-refractivity contribution >= 4 is 11.7 Å². The van der Waals surface area contributed by atoms with E-state index in [1.807, 2.05) is 12.1 Å². The molecule has 0 unspecified atom stereocenters. The second kappa shape index (κ2) is 6.25. The van der Waals surface area contributed by atoms with Crippen molar-refractivity contribution in [3.05, 3.63) is 23.9 Å². The zero-order valence-electron chi connectivity index (χ0n) is 12.0. The minimum atomic E-state index is 0.0481. The topological polar surface area (TPSA) is 45.2 Å². The summed E-state index contributed by atoms with van der Waals surface area (Å²) in [5.74, 6) is 0.908. The molecule has 1 aromatic heterocycles. The molecule has 1 aliphatic carbocycles. The number of nitrogens with zero attached hydrogens (tertiary/aromatic N) is 2. The first-order chi connectivity index (χ1) is 9.84. The molecule has 1 aliphatic heterocycles. The van der Waals surface area contributed by atoms with E-state index >= 15 is 0 Å². The summed E-state index contributed by atoms with van der Waals surface area (Å²) in [5.41, 5.74) is 0.736. The van der Waals surface area contributed by atoms with Crippen LogP contribution in [0.5, 0.6) is 0 Å². The van der Waals surface area contributed by atoms with Gasteiger partial charge in [-0.3, -0.25) is 4.79 Å². The summed E-state index contributed by atoms with van der Waals surface area (Å²) < 4.78 is 0. The zero-order valence-corrected chi connectivity index (χ0v) is 12.0. The number of amides is 1. The lowest BCUT2D eigenvalue weighted by molar-refractivity contribution is 0.0928. The van der Waals surface area contributed by atoms with Crippen molar-refractivity contribution in [3.8, 4) is 0 Å². The van der Waals surface area contributed by atoms with Crippen LogP contribution in [0.25, 0.3) is 0 Å². The van der Waals surface area contributed by atoms with Gasteiger partial charge in [0, 0.05) is 25.3 Å². The van der Waals surface area contributed by atoms with E-state index in [0.717, 1.165) is 37.3 Å². The molecule has 4 nitrogen and oxygen atoms in total. The van der Waals surface area contributed by atoms with Gasteiger partial charge in [0.25, 0.3) is 5.91 Å². The first-order valence-electron chi connectivity index (χ1n) is 7.85. The van der Waals surface area contributed by atoms with Crippen LogP contribution in [0.4, 0.5) is 5.82 Å². The molecule has 1 saturated carbocycles. The number of hydrogen-bond acceptors (Lipinski definition) is 3. The molecule has 0 atom stereocenters. The molecule has 0 spiro atoms. The van der Waals surface area contributed by atoms with E-state index in [2.05, 4.69) is 15.2 Å². The van der Waals surface area contributed by atoms with E-state index in [4.69, 9.17) is 0 Å². The minimum Gasteiger partial charge on any atom is -0.356 e. The zero-order chi connectivity index (χ0) is 13.8. The third kappa shape index (κ3) is 2.94. The Balaban J connectivity index is 1.73. The number of pyridine rings is 1. The minimum absolute atomic E-state index is 0.0481. The average molecular weight is 273 g/mol. The van der Waals surface area contributed by atoms with Gasteiger partial charge < -0.3 is 10.2 Å². The second-order valence-electron chi connectivity index (χ2n) is 5.88. The number of carbonyl (C=O) groups excluding carboxylic acids is 1. The Kier molecular flexibility index (Phi) is 4.19. The monoisotopic (exact) mass is 273 g/mol. The van der Waals surface area contributed by atoms with Crippen molar-refractivity contribution in [2.24, 2.45) is 0 Å². The molecule has 1 saturated heterocycles. The quantitative estimate of drug-likeness (QED) is 0.921. The molecule has 0 aromatic carbocycles. The van der Waals surface area contributed by atoms with Crippen LogP contribution in [0.1, 0.15) is 55.3 Å². The van der Waals surface area contributed by atoms with Gasteiger partial charge in [-0.25, -0.2) is 4.98 Å². The highest BCUT2D eigenvalue weighted by Gasteiger charge is 2.22. The molecule has 1 N–H and O–H groups in total. The number of nitrogens with one attached hydrogen (secondary N) is 1. The molecule has 0 radical (unpaired) electrons. The Bertz CT molecular complexity index is 463. The highest BCUT2D eigenvalue weighted by molar-refractivity contribution is 5.99. The van der Waals surface area contributed by atoms with Crippen molar-refractivity contribution in [3.63, 3.8) is 0 Å². The van der Waals surface area contributed by atoms with E-state index in [-0.39, 0.29) is 5.91 Å². The maximum Gasteiger partial charge on any atom is 0.255 e. The Labute approximate surface area is 120 Å². The number of aromatic nitrogens is 1. The summed E-state index contributed by atoms with van der Waals surface area (Å²) in [6.45, 7) is 2.03. The lowest BCUT2D eigenvalue weighted by Crippen LogP contribution is -2.37. The fraction of sp³-hybridized carbons (Fsp3) is 0.625. The van der Waals surface area contributed by atoms with Gasteiger partial charge in [-0.2, -0.15) is 0 Å². The van der Waals surface area contributed by atoms with Gasteiger partial charge >= 0.3 is 0 Å². The standard InChI is InChI=1S/C16H23N3O/c20-16(18-13-7-2-1-3-8-13)14-9-6-10-17-15(14)19-11-4-5-12-19/h6,9-10,13H,1-5,7-8,11-12H2,(H,18,20). The molecule has 20 heavy (non-hydrogen) atoms. The third-order valence-electron chi connectivity index (χ3n) is 4.38. The SMILES string of the molecule is O=C(NC1CCCCC1)c1cccnc1N1CCCC1. The van der Waals surface area contributed by atoms with Crippen LogP contribution in [0.2, 0.25) is 0 Å². The molecule has 1 amide bonds. The summed E-state index contributed by atoms with van der Waals surface area (Å²) in [6, 6.07) is 4.11. The van der Waals surface area contributed by atoms with Crippen LogP contribution < -0.4 is 10.2 Å². The predicted octanol–water partition coefficient (Wildman–Crippen LogP) is 2.74. The Morgan fingerprint density at radius 2 is 1.90 bits per heavy atom. The van der Waals surface area contributed by atoms with Gasteiger partial charge in [0.05, 0.1) is 5.56 Å². The maximum absolute atomic E-state index is 12.5. The van der Waals surface area contributed by atoms with Crippen molar-refractivity contribution < 1.29 is 4.79 Å². The fourth-order valence-electron chi connectivity index (χ4n) is 3.27. The van der Waals surface area contributed by atoms with E-state index < -0.39 is 0 Å². The number of carbonyl (C=O) groups is 1. The summed E-state index contributed by atoms with van der Waals surface area (Å²) in [7, 11) is 0. The Morgan fingerprint density at radius 3 is 2.65 bits per heavy atom. The highest BCUT2D eigenvalue weighted by atomic mass is 16.1. The molecule has 3 rings (SSSR count). The Hall–Kier alpha value is -1.58. The van der Waals surface area contributed by atoms with Gasteiger partial charge in [0.1, 0.15) is 5.82 Å². The van der Waals surface area contributed by atoms with Crippen LogP contribution in [-0.2, 0) is 0 Å². The van der Waals surface area contributed by atoms with E-state index in [9.17, 15) is 4.79 Å². The highest BCUT2D eigenvalue weighted by Crippen LogP contribution is 2.23. The van der Waals surface area contributed by atoms with Crippen molar-refractivity contribution in [2.75, 3.05) is 18.0 Å². The summed E-state index contributed by atoms with van der Waals surface area (Å²) in [5, 5.41) is 3.19. The average Bonchev–Trinajstić information content (AvgIpc) is 3.02. The first-order valence-corrected chi connectivity index (χ1v) is 7.85. The normalized spacial score (nSPS) is 20.1. The first kappa shape index (κ1) is 13.4. The van der Waals surface area contributed by atoms with Gasteiger partial charge in [-0.1, -0.05) is 19.3 Å². The van der Waals surface area contributed by atoms with Gasteiger partial charge in [-0.15, -0.1) is 0 Å². The smallest absolute Gasteiger partial charge is 0.255 e. The van der Waals surface area contributed by atoms with Crippen molar-refractivity contribution in [2.45, 2.75) is 51.0 Å². The summed E-state index contributed by atoms with van der Waals surface area (Å²) in [6.07, 6.45) is 10.2. The van der Waals surface area contributed by atoms with Gasteiger partial charge in [0.2, 0.25) is 0 Å². The lowest BCUT2D eigenvalue weighted by atomic mass is 9.95. The summed E-state index contributed by atoms with van der Waals surface area (Å²) in [4.78, 5) is 19.2. The van der Waals surface area contributed by atoms with E-state index in [0.29, 0.717) is 6.04 Å². The fourth-order valence-corrected chi connectivity index (χ4v) is 3.27. The lowest BCUT2D eigenvalue weighted by Gasteiger charge is -2.24. The van der Waals surface area contributed by atoms with Gasteiger partial charge in [-0.05, 0) is 37.8 Å². The predicted molar refractivity (Wildman–Crippen MR) is 80.0 cm³/mol. The van der Waals surface area contributed by atoms with Crippen LogP contribution in [0.15, 0.2) is 18.3 Å². The number of anilines is 1. The molecule has 1 aromatic rings. The second-order valence-corrected chi connectivity index (χ2v) is 5.88. The van der Waals surface area contributed by atoms with E-state index in [1.54, 1.807) is 6.20 Å². The van der Waals surface area contributed by atoms with Crippen molar-refractivity contribution in [1.82, 2.24) is 10.3 Å². The maximum atomic E-state index is 12.5. The molecular formula is C16H23N3O. The third-order valence-corrected chi connectivity index (χ3v) is 4.38. The number of hydrogen-bond donors (Lipinski definition) is 1. The van der Waals surface area contributed by atoms with Crippen LogP contribution in [0, 0.1) is 0 Å². The van der Waals surface area contributed by atoms with Crippen LogP contribution in [-0.4, -0.2) is 30.0 Å². The molecule has 2 aliphatic rings. The molecule has 108 valence electrons. The molecule has 2 fully saturated rings. The molecule has 0 bridgehead atoms. The van der Waals surface area contributed by atoms with Crippen LogP contribution >= 0.6 is 0 Å².